The second kappa shape index (κ2) is 12.0. The second-order valence-electron chi connectivity index (χ2n) is 8.19. The summed E-state index contributed by atoms with van der Waals surface area (Å²) >= 11 is 1.63. The van der Waals surface area contributed by atoms with E-state index in [1.54, 1.807) is 66.4 Å². The Kier molecular flexibility index (Phi) is 8.83. The van der Waals surface area contributed by atoms with Crippen molar-refractivity contribution in [3.05, 3.63) is 95.6 Å². The molecule has 0 amide bonds. The van der Waals surface area contributed by atoms with Gasteiger partial charge in [-0.15, -0.1) is 0 Å². The maximum Gasteiger partial charge on any atom is 0.261 e. The molecule has 4 rings (SSSR count). The number of anilines is 1. The van der Waals surface area contributed by atoms with E-state index in [4.69, 9.17) is 14.6 Å². The zero-order valence-electron chi connectivity index (χ0n) is 19.1. The molecular weight excluding hydrogens is 486 g/mol. The van der Waals surface area contributed by atoms with Crippen LogP contribution < -0.4 is 4.72 Å². The Morgan fingerprint density at radius 3 is 2.23 bits per heavy atom. The van der Waals surface area contributed by atoms with Gasteiger partial charge in [-0.25, -0.2) is 8.42 Å². The predicted octanol–water partition coefficient (Wildman–Crippen LogP) is 4.25. The van der Waals surface area contributed by atoms with Gasteiger partial charge < -0.3 is 19.7 Å². The molecule has 35 heavy (non-hydrogen) atoms. The lowest BCUT2D eigenvalue weighted by atomic mass is 10.0. The molecule has 1 heterocycles. The molecule has 1 aliphatic heterocycles. The number of thioether (sulfide) groups is 1. The summed E-state index contributed by atoms with van der Waals surface area (Å²) in [7, 11) is -3.68. The zero-order valence-corrected chi connectivity index (χ0v) is 20.8. The van der Waals surface area contributed by atoms with Crippen molar-refractivity contribution in [2.75, 3.05) is 22.8 Å². The van der Waals surface area contributed by atoms with E-state index < -0.39 is 16.3 Å². The lowest BCUT2D eigenvalue weighted by Gasteiger charge is -2.36. The number of rotatable bonds is 10. The summed E-state index contributed by atoms with van der Waals surface area (Å²) in [4.78, 5) is 0.196. The van der Waals surface area contributed by atoms with Crippen LogP contribution in [0.1, 0.15) is 35.5 Å². The van der Waals surface area contributed by atoms with Crippen LogP contribution in [0.5, 0.6) is 0 Å². The van der Waals surface area contributed by atoms with E-state index in [9.17, 15) is 13.5 Å². The molecule has 1 saturated heterocycles. The standard InChI is InChI=1S/C26H29NO6S2/c28-14-15-34-18-23-16-25(20-8-6-19(17-29)7-9-20)33-26(32-23)21-10-12-22(13-11-21)27-35(30,31)24-4-2-1-3-5-24/h1-13,23,25-29H,14-18H2. The number of nitrogens with one attached hydrogen (secondary N) is 1. The van der Waals surface area contributed by atoms with Crippen LogP contribution >= 0.6 is 11.8 Å². The van der Waals surface area contributed by atoms with Crippen molar-refractivity contribution >= 4 is 27.5 Å². The highest BCUT2D eigenvalue weighted by Gasteiger charge is 2.32. The van der Waals surface area contributed by atoms with Crippen molar-refractivity contribution in [2.24, 2.45) is 0 Å². The first-order valence-corrected chi connectivity index (χ1v) is 14.0. The van der Waals surface area contributed by atoms with Gasteiger partial charge in [0.05, 0.1) is 30.3 Å². The van der Waals surface area contributed by atoms with Gasteiger partial charge in [-0.1, -0.05) is 54.6 Å². The van der Waals surface area contributed by atoms with Crippen molar-refractivity contribution in [2.45, 2.75) is 36.4 Å². The van der Waals surface area contributed by atoms with E-state index in [1.807, 2.05) is 24.3 Å². The summed E-state index contributed by atoms with van der Waals surface area (Å²) in [5.41, 5.74) is 3.06. The molecule has 0 spiro atoms. The van der Waals surface area contributed by atoms with Crippen LogP contribution in [0.2, 0.25) is 0 Å². The van der Waals surface area contributed by atoms with Gasteiger partial charge in [0, 0.05) is 29.2 Å². The molecule has 3 aromatic rings. The van der Waals surface area contributed by atoms with Gasteiger partial charge in [0.25, 0.3) is 10.0 Å². The van der Waals surface area contributed by atoms with Crippen molar-refractivity contribution in [3.63, 3.8) is 0 Å². The largest absolute Gasteiger partial charge is 0.396 e. The normalized spacial score (nSPS) is 20.5. The predicted molar refractivity (Wildman–Crippen MR) is 137 cm³/mol. The quantitative estimate of drug-likeness (QED) is 0.347. The van der Waals surface area contributed by atoms with Crippen LogP contribution in [-0.4, -0.2) is 42.8 Å². The Hall–Kier alpha value is -2.40. The minimum absolute atomic E-state index is 0.0155. The minimum atomic E-state index is -3.68. The molecule has 7 nitrogen and oxygen atoms in total. The smallest absolute Gasteiger partial charge is 0.261 e. The molecule has 186 valence electrons. The number of hydrogen-bond acceptors (Lipinski definition) is 7. The molecule has 1 aliphatic rings. The lowest BCUT2D eigenvalue weighted by Crippen LogP contribution is -2.31. The van der Waals surface area contributed by atoms with Crippen molar-refractivity contribution in [1.29, 1.82) is 0 Å². The Balaban J connectivity index is 1.50. The highest BCUT2D eigenvalue weighted by molar-refractivity contribution is 7.99. The maximum atomic E-state index is 12.6. The van der Waals surface area contributed by atoms with Crippen LogP contribution in [-0.2, 0) is 26.1 Å². The average Bonchev–Trinajstić information content (AvgIpc) is 2.89. The molecule has 0 bridgehead atoms. The Morgan fingerprint density at radius 1 is 0.886 bits per heavy atom. The van der Waals surface area contributed by atoms with Crippen LogP contribution in [0.3, 0.4) is 0 Å². The summed E-state index contributed by atoms with van der Waals surface area (Å²) in [5.74, 6) is 1.36. The van der Waals surface area contributed by atoms with Crippen LogP contribution in [0.15, 0.2) is 83.8 Å². The van der Waals surface area contributed by atoms with Crippen molar-refractivity contribution in [3.8, 4) is 0 Å². The van der Waals surface area contributed by atoms with Gasteiger partial charge in [0.1, 0.15) is 0 Å². The van der Waals surface area contributed by atoms with Crippen molar-refractivity contribution in [1.82, 2.24) is 0 Å². The third-order valence-corrected chi connectivity index (χ3v) is 8.12. The van der Waals surface area contributed by atoms with Gasteiger partial charge in [-0.3, -0.25) is 4.72 Å². The molecule has 3 unspecified atom stereocenters. The van der Waals surface area contributed by atoms with Crippen LogP contribution in [0.25, 0.3) is 0 Å². The fourth-order valence-electron chi connectivity index (χ4n) is 3.82. The fourth-order valence-corrected chi connectivity index (χ4v) is 5.68. The Morgan fingerprint density at radius 2 is 1.57 bits per heavy atom. The molecule has 0 aromatic heterocycles. The Bertz CT molecular complexity index is 1170. The number of hydrogen-bond donors (Lipinski definition) is 3. The number of ether oxygens (including phenoxy) is 2. The molecule has 3 N–H and O–H groups in total. The molecule has 3 aromatic carbocycles. The van der Waals surface area contributed by atoms with Gasteiger partial charge in [-0.05, 0) is 35.4 Å². The molecule has 0 aliphatic carbocycles. The number of aliphatic hydroxyl groups excluding tert-OH is 2. The molecule has 1 fully saturated rings. The van der Waals surface area contributed by atoms with Gasteiger partial charge in [0.15, 0.2) is 6.29 Å². The van der Waals surface area contributed by atoms with E-state index in [0.717, 1.165) is 22.4 Å². The van der Waals surface area contributed by atoms with E-state index >= 15 is 0 Å². The first-order chi connectivity index (χ1) is 17.0. The van der Waals surface area contributed by atoms with Crippen LogP contribution in [0.4, 0.5) is 5.69 Å². The minimum Gasteiger partial charge on any atom is -0.396 e. The third-order valence-electron chi connectivity index (χ3n) is 5.64. The van der Waals surface area contributed by atoms with Crippen LogP contribution in [0, 0.1) is 0 Å². The van der Waals surface area contributed by atoms with E-state index in [2.05, 4.69) is 4.72 Å². The van der Waals surface area contributed by atoms with E-state index in [0.29, 0.717) is 17.9 Å². The van der Waals surface area contributed by atoms with Gasteiger partial charge in [-0.2, -0.15) is 11.8 Å². The molecule has 0 radical (unpaired) electrons. The summed E-state index contributed by atoms with van der Waals surface area (Å²) in [6.45, 7) is 0.0993. The average molecular weight is 516 g/mol. The number of sulfonamides is 1. The number of benzene rings is 3. The van der Waals surface area contributed by atoms with Gasteiger partial charge >= 0.3 is 0 Å². The van der Waals surface area contributed by atoms with Gasteiger partial charge in [0.2, 0.25) is 0 Å². The summed E-state index contributed by atoms with van der Waals surface area (Å²) < 4.78 is 40.3. The summed E-state index contributed by atoms with van der Waals surface area (Å²) in [6.07, 6.45) is -0.227. The van der Waals surface area contributed by atoms with Crippen molar-refractivity contribution < 1.29 is 28.1 Å². The molecule has 9 heteroatoms. The molecule has 0 saturated carbocycles. The molecular formula is C26H29NO6S2. The Labute approximate surface area is 210 Å². The highest BCUT2D eigenvalue weighted by Crippen LogP contribution is 2.39. The second-order valence-corrected chi connectivity index (χ2v) is 11.0. The monoisotopic (exact) mass is 515 g/mol. The summed E-state index contributed by atoms with van der Waals surface area (Å²) in [6, 6.07) is 22.9. The van der Waals surface area contributed by atoms with E-state index in [-0.39, 0.29) is 30.3 Å². The first kappa shape index (κ1) is 25.7. The third kappa shape index (κ3) is 6.84. The SMILES string of the molecule is O=S(=O)(Nc1ccc(C2OC(CSCCO)CC(c3ccc(CO)cc3)O2)cc1)c1ccccc1. The highest BCUT2D eigenvalue weighted by atomic mass is 32.2. The lowest BCUT2D eigenvalue weighted by molar-refractivity contribution is -0.245. The summed E-state index contributed by atoms with van der Waals surface area (Å²) in [5, 5.41) is 18.5. The first-order valence-electron chi connectivity index (χ1n) is 11.4. The maximum absolute atomic E-state index is 12.6. The number of aliphatic hydroxyl groups is 2. The fraction of sp³-hybridized carbons (Fsp3) is 0.308. The topological polar surface area (TPSA) is 105 Å². The molecule has 3 atom stereocenters. The zero-order chi connectivity index (χ0) is 24.7. The van der Waals surface area contributed by atoms with E-state index in [1.165, 1.54) is 0 Å².